The number of rotatable bonds is 4. The van der Waals surface area contributed by atoms with E-state index in [1.165, 1.54) is 4.31 Å². The van der Waals surface area contributed by atoms with E-state index in [1.54, 1.807) is 4.31 Å². The third-order valence-electron chi connectivity index (χ3n) is 3.64. The molecule has 1 atom stereocenters. The Bertz CT molecular complexity index is 355. The Morgan fingerprint density at radius 1 is 1.33 bits per heavy atom. The molecule has 1 aliphatic rings. The second-order valence-corrected chi connectivity index (χ2v) is 7.24. The van der Waals surface area contributed by atoms with Gasteiger partial charge in [-0.05, 0) is 11.8 Å². The van der Waals surface area contributed by atoms with Gasteiger partial charge in [-0.1, -0.05) is 27.7 Å². The van der Waals surface area contributed by atoms with E-state index in [1.807, 2.05) is 27.7 Å². The third-order valence-corrected chi connectivity index (χ3v) is 5.77. The Morgan fingerprint density at radius 2 is 1.83 bits per heavy atom. The van der Waals surface area contributed by atoms with Crippen LogP contribution in [-0.2, 0) is 10.2 Å². The quantitative estimate of drug-likeness (QED) is 0.844. The highest BCUT2D eigenvalue weighted by molar-refractivity contribution is 7.86. The molecule has 1 heterocycles. The molecule has 1 rings (SSSR count). The van der Waals surface area contributed by atoms with E-state index in [9.17, 15) is 8.42 Å². The smallest absolute Gasteiger partial charge is 0.281 e. The minimum atomic E-state index is -3.31. The van der Waals surface area contributed by atoms with Crippen molar-refractivity contribution in [1.82, 2.24) is 8.61 Å². The standard InChI is InChI=1S/C11H25N3O2S.ClH/c1-5-13(6-2)17(15,16)14-8-7-10(12)11(3,4)9-14;/h10H,5-9,12H2,1-4H3;1H. The van der Waals surface area contributed by atoms with Gasteiger partial charge in [0.05, 0.1) is 0 Å². The molecule has 7 heteroatoms. The molecule has 110 valence electrons. The van der Waals surface area contributed by atoms with Crippen molar-refractivity contribution in [2.45, 2.75) is 40.2 Å². The fraction of sp³-hybridized carbons (Fsp3) is 1.00. The first-order valence-corrected chi connectivity index (χ1v) is 7.66. The van der Waals surface area contributed by atoms with Gasteiger partial charge in [-0.15, -0.1) is 12.4 Å². The lowest BCUT2D eigenvalue weighted by atomic mass is 9.81. The Labute approximate surface area is 117 Å². The maximum atomic E-state index is 12.4. The Balaban J connectivity index is 0.00000289. The van der Waals surface area contributed by atoms with E-state index < -0.39 is 10.2 Å². The average molecular weight is 300 g/mol. The fourth-order valence-corrected chi connectivity index (χ4v) is 4.05. The molecule has 0 aromatic carbocycles. The van der Waals surface area contributed by atoms with Crippen molar-refractivity contribution in [3.63, 3.8) is 0 Å². The van der Waals surface area contributed by atoms with Crippen LogP contribution in [0.1, 0.15) is 34.1 Å². The summed E-state index contributed by atoms with van der Waals surface area (Å²) in [6, 6.07) is 0.0747. The number of piperidine rings is 1. The summed E-state index contributed by atoms with van der Waals surface area (Å²) in [5, 5.41) is 0. The number of nitrogens with zero attached hydrogens (tertiary/aromatic N) is 2. The summed E-state index contributed by atoms with van der Waals surface area (Å²) < 4.78 is 27.8. The van der Waals surface area contributed by atoms with Crippen LogP contribution < -0.4 is 5.73 Å². The number of hydrogen-bond donors (Lipinski definition) is 1. The van der Waals surface area contributed by atoms with Gasteiger partial charge in [-0.2, -0.15) is 17.0 Å². The maximum absolute atomic E-state index is 12.4. The van der Waals surface area contributed by atoms with Gasteiger partial charge >= 0.3 is 0 Å². The summed E-state index contributed by atoms with van der Waals surface area (Å²) in [6.07, 6.45) is 0.730. The molecule has 18 heavy (non-hydrogen) atoms. The summed E-state index contributed by atoms with van der Waals surface area (Å²) in [6.45, 7) is 9.85. The molecule has 0 aromatic rings. The van der Waals surface area contributed by atoms with Crippen LogP contribution in [0.3, 0.4) is 0 Å². The summed E-state index contributed by atoms with van der Waals surface area (Å²) in [7, 11) is -3.31. The first-order chi connectivity index (χ1) is 7.75. The van der Waals surface area contributed by atoms with Gasteiger partial charge in [-0.3, -0.25) is 0 Å². The molecule has 0 radical (unpaired) electrons. The molecule has 0 saturated carbocycles. The third kappa shape index (κ3) is 3.57. The van der Waals surface area contributed by atoms with Gasteiger partial charge in [0.15, 0.2) is 0 Å². The van der Waals surface area contributed by atoms with Crippen molar-refractivity contribution in [3.8, 4) is 0 Å². The SMILES string of the molecule is CCN(CC)S(=O)(=O)N1CCC(N)C(C)(C)C1.Cl. The Hall–Kier alpha value is 0.120. The highest BCUT2D eigenvalue weighted by Crippen LogP contribution is 2.29. The van der Waals surface area contributed by atoms with Gasteiger partial charge in [0.1, 0.15) is 0 Å². The normalized spacial score (nSPS) is 24.9. The van der Waals surface area contributed by atoms with Crippen LogP contribution in [0.2, 0.25) is 0 Å². The van der Waals surface area contributed by atoms with E-state index in [-0.39, 0.29) is 23.9 Å². The van der Waals surface area contributed by atoms with Crippen LogP contribution in [-0.4, -0.2) is 49.2 Å². The van der Waals surface area contributed by atoms with Gasteiger partial charge in [-0.25, -0.2) is 0 Å². The van der Waals surface area contributed by atoms with E-state index in [2.05, 4.69) is 0 Å². The molecule has 1 saturated heterocycles. The van der Waals surface area contributed by atoms with Gasteiger partial charge in [0.25, 0.3) is 10.2 Å². The average Bonchev–Trinajstić information content (AvgIpc) is 2.23. The van der Waals surface area contributed by atoms with E-state index in [0.717, 1.165) is 6.42 Å². The molecule has 1 fully saturated rings. The first-order valence-electron chi connectivity index (χ1n) is 6.26. The molecule has 0 bridgehead atoms. The second-order valence-electron chi connectivity index (χ2n) is 5.31. The maximum Gasteiger partial charge on any atom is 0.281 e. The predicted molar refractivity (Wildman–Crippen MR) is 77.0 cm³/mol. The summed E-state index contributed by atoms with van der Waals surface area (Å²) in [5.74, 6) is 0. The molecule has 0 spiro atoms. The van der Waals surface area contributed by atoms with Crippen molar-refractivity contribution < 1.29 is 8.42 Å². The van der Waals surface area contributed by atoms with Crippen molar-refractivity contribution in [3.05, 3.63) is 0 Å². The second kappa shape index (κ2) is 6.52. The summed E-state index contributed by atoms with van der Waals surface area (Å²) in [5.41, 5.74) is 5.87. The van der Waals surface area contributed by atoms with Crippen LogP contribution in [0.25, 0.3) is 0 Å². The van der Waals surface area contributed by atoms with E-state index in [4.69, 9.17) is 5.73 Å². The molecular formula is C11H26ClN3O2S. The van der Waals surface area contributed by atoms with Crippen LogP contribution in [0.15, 0.2) is 0 Å². The van der Waals surface area contributed by atoms with Gasteiger partial charge in [0, 0.05) is 32.2 Å². The molecule has 0 amide bonds. The zero-order valence-electron chi connectivity index (χ0n) is 11.7. The molecule has 0 aliphatic carbocycles. The van der Waals surface area contributed by atoms with E-state index >= 15 is 0 Å². The van der Waals surface area contributed by atoms with Gasteiger partial charge in [0.2, 0.25) is 0 Å². The van der Waals surface area contributed by atoms with Crippen molar-refractivity contribution in [1.29, 1.82) is 0 Å². The first kappa shape index (κ1) is 18.1. The molecule has 2 N–H and O–H groups in total. The highest BCUT2D eigenvalue weighted by Gasteiger charge is 2.39. The monoisotopic (exact) mass is 299 g/mol. The lowest BCUT2D eigenvalue weighted by molar-refractivity contribution is 0.149. The number of nitrogens with two attached hydrogens (primary N) is 1. The molecule has 5 nitrogen and oxygen atoms in total. The lowest BCUT2D eigenvalue weighted by Gasteiger charge is -2.43. The zero-order valence-corrected chi connectivity index (χ0v) is 13.4. The Morgan fingerprint density at radius 3 is 2.22 bits per heavy atom. The number of halogens is 1. The van der Waals surface area contributed by atoms with Gasteiger partial charge < -0.3 is 5.73 Å². The summed E-state index contributed by atoms with van der Waals surface area (Å²) in [4.78, 5) is 0. The lowest BCUT2D eigenvalue weighted by Crippen LogP contribution is -2.56. The predicted octanol–water partition coefficient (Wildman–Crippen LogP) is 1.05. The molecular weight excluding hydrogens is 274 g/mol. The van der Waals surface area contributed by atoms with Crippen molar-refractivity contribution in [2.75, 3.05) is 26.2 Å². The highest BCUT2D eigenvalue weighted by atomic mass is 35.5. The Kier molecular flexibility index (Phi) is 6.56. The minimum absolute atomic E-state index is 0. The van der Waals surface area contributed by atoms with Crippen LogP contribution in [0, 0.1) is 5.41 Å². The van der Waals surface area contributed by atoms with Crippen LogP contribution in [0.5, 0.6) is 0 Å². The molecule has 0 aromatic heterocycles. The largest absolute Gasteiger partial charge is 0.327 e. The van der Waals surface area contributed by atoms with Crippen molar-refractivity contribution in [2.24, 2.45) is 11.1 Å². The minimum Gasteiger partial charge on any atom is -0.327 e. The van der Waals surface area contributed by atoms with Crippen LogP contribution in [0.4, 0.5) is 0 Å². The zero-order chi connectivity index (χ0) is 13.3. The molecule has 1 unspecified atom stereocenters. The topological polar surface area (TPSA) is 66.6 Å². The van der Waals surface area contributed by atoms with Crippen molar-refractivity contribution >= 4 is 22.6 Å². The summed E-state index contributed by atoms with van der Waals surface area (Å²) >= 11 is 0. The molecule has 1 aliphatic heterocycles. The van der Waals surface area contributed by atoms with E-state index in [0.29, 0.717) is 26.2 Å². The number of hydrogen-bond acceptors (Lipinski definition) is 3. The fourth-order valence-electron chi connectivity index (χ4n) is 2.23. The van der Waals surface area contributed by atoms with Crippen LogP contribution >= 0.6 is 12.4 Å².